The number of epoxide rings is 3. The van der Waals surface area contributed by atoms with Gasteiger partial charge in [0.05, 0.1) is 19.8 Å². The molecule has 0 bridgehead atoms. The van der Waals surface area contributed by atoms with E-state index in [-0.39, 0.29) is 18.3 Å². The summed E-state index contributed by atoms with van der Waals surface area (Å²) in [6, 6.07) is 30.2. The van der Waals surface area contributed by atoms with Gasteiger partial charge >= 0.3 is 0 Å². The Morgan fingerprint density at radius 2 is 1.20 bits per heavy atom. The molecule has 3 saturated heterocycles. The lowest BCUT2D eigenvalue weighted by Gasteiger charge is -2.17. The highest BCUT2D eigenvalue weighted by Gasteiger charge is 2.25. The van der Waals surface area contributed by atoms with Crippen molar-refractivity contribution in [3.63, 3.8) is 0 Å². The van der Waals surface area contributed by atoms with Gasteiger partial charge in [0.2, 0.25) is 0 Å². The van der Waals surface area contributed by atoms with E-state index in [0.29, 0.717) is 19.8 Å². The zero-order chi connectivity index (χ0) is 29.5. The van der Waals surface area contributed by atoms with Crippen LogP contribution < -0.4 is 14.2 Å². The molecule has 8 rings (SSSR count). The Bertz CT molecular complexity index is 1820. The molecule has 0 spiro atoms. The molecular weight excluding hydrogens is 552 g/mol. The fourth-order valence-corrected chi connectivity index (χ4v) is 5.82. The zero-order valence-corrected chi connectivity index (χ0v) is 24.9. The second kappa shape index (κ2) is 11.8. The molecule has 3 unspecified atom stereocenters. The lowest BCUT2D eigenvalue weighted by atomic mass is 9.93. The van der Waals surface area contributed by atoms with Gasteiger partial charge in [-0.2, -0.15) is 0 Å². The molecule has 0 aliphatic carbocycles. The Kier molecular flexibility index (Phi) is 7.34. The summed E-state index contributed by atoms with van der Waals surface area (Å²) >= 11 is 0. The summed E-state index contributed by atoms with van der Waals surface area (Å²) < 4.78 is 35.0. The number of benzene rings is 5. The highest BCUT2D eigenvalue weighted by atomic mass is 16.6. The highest BCUT2D eigenvalue weighted by Crippen LogP contribution is 2.34. The second-order valence-corrected chi connectivity index (χ2v) is 12.2. The fourth-order valence-electron chi connectivity index (χ4n) is 5.82. The van der Waals surface area contributed by atoms with E-state index in [1.54, 1.807) is 0 Å². The van der Waals surface area contributed by atoms with Crippen LogP contribution in [-0.4, -0.2) is 58.0 Å². The first-order chi connectivity index (χ1) is 21.6. The number of aryl methyl sites for hydroxylation is 1. The third-order valence-corrected chi connectivity index (χ3v) is 8.58. The van der Waals surface area contributed by atoms with Gasteiger partial charge in [-0.25, -0.2) is 0 Å². The Hall–Kier alpha value is -4.10. The molecule has 6 nitrogen and oxygen atoms in total. The molecule has 0 radical (unpaired) electrons. The minimum absolute atomic E-state index is 0.179. The summed E-state index contributed by atoms with van der Waals surface area (Å²) in [4.78, 5) is 0. The lowest BCUT2D eigenvalue weighted by molar-refractivity contribution is 0.261. The van der Waals surface area contributed by atoms with Gasteiger partial charge in [-0.15, -0.1) is 0 Å². The van der Waals surface area contributed by atoms with Crippen molar-refractivity contribution in [2.45, 2.75) is 38.1 Å². The highest BCUT2D eigenvalue weighted by molar-refractivity contribution is 5.90. The van der Waals surface area contributed by atoms with E-state index in [2.05, 4.69) is 79.7 Å². The Morgan fingerprint density at radius 1 is 0.545 bits per heavy atom. The SMILES string of the molecule is Cc1cc(Cc2cc(OCC3CO3)c3ccccc3c2)c(OCC2CO2)cc1Cc1ccc2cccc(OCC3CO3)c2c1. The van der Waals surface area contributed by atoms with E-state index < -0.39 is 0 Å². The quantitative estimate of drug-likeness (QED) is 0.141. The van der Waals surface area contributed by atoms with E-state index in [9.17, 15) is 0 Å². The minimum Gasteiger partial charge on any atom is -0.490 e. The van der Waals surface area contributed by atoms with Crippen LogP contribution >= 0.6 is 0 Å². The van der Waals surface area contributed by atoms with E-state index in [1.807, 2.05) is 12.1 Å². The molecule has 3 atom stereocenters. The average molecular weight is 589 g/mol. The van der Waals surface area contributed by atoms with E-state index >= 15 is 0 Å². The first kappa shape index (κ1) is 27.4. The zero-order valence-electron chi connectivity index (χ0n) is 24.9. The number of ether oxygens (including phenoxy) is 6. The van der Waals surface area contributed by atoms with Crippen molar-refractivity contribution in [1.29, 1.82) is 0 Å². The molecular formula is C38H36O6. The maximum Gasteiger partial charge on any atom is 0.127 e. The van der Waals surface area contributed by atoms with Crippen LogP contribution in [0.15, 0.2) is 84.9 Å². The maximum atomic E-state index is 6.42. The minimum atomic E-state index is 0.179. The third-order valence-electron chi connectivity index (χ3n) is 8.58. The van der Waals surface area contributed by atoms with Crippen molar-refractivity contribution >= 4 is 21.5 Å². The standard InChI is InChI=1S/C38H36O6/c1-24-11-30(14-26-13-28-5-2-3-7-34(28)38(16-26)44-23-33-20-41-33)37(43-22-32-19-40-32)17-29(24)12-25-9-10-27-6-4-8-36(35(27)15-25)42-21-31-18-39-31/h2-11,13,15-17,31-33H,12,14,18-23H2,1H3. The summed E-state index contributed by atoms with van der Waals surface area (Å²) in [5, 5.41) is 4.59. The van der Waals surface area contributed by atoms with Crippen molar-refractivity contribution in [2.75, 3.05) is 39.6 Å². The molecule has 5 aromatic rings. The van der Waals surface area contributed by atoms with Crippen LogP contribution in [0.2, 0.25) is 0 Å². The van der Waals surface area contributed by atoms with Gasteiger partial charge in [0, 0.05) is 17.2 Å². The Labute approximate surface area is 257 Å². The van der Waals surface area contributed by atoms with Crippen molar-refractivity contribution in [3.05, 3.63) is 113 Å². The number of hydrogen-bond donors (Lipinski definition) is 0. The summed E-state index contributed by atoms with van der Waals surface area (Å²) in [5.41, 5.74) is 6.08. The molecule has 3 aliphatic heterocycles. The summed E-state index contributed by atoms with van der Waals surface area (Å²) in [7, 11) is 0. The largest absolute Gasteiger partial charge is 0.490 e. The second-order valence-electron chi connectivity index (χ2n) is 12.2. The first-order valence-electron chi connectivity index (χ1n) is 15.5. The van der Waals surface area contributed by atoms with E-state index in [1.165, 1.54) is 33.0 Å². The number of hydrogen-bond acceptors (Lipinski definition) is 6. The molecule has 224 valence electrons. The lowest BCUT2D eigenvalue weighted by Crippen LogP contribution is -2.08. The van der Waals surface area contributed by atoms with Gasteiger partial charge in [-0.3, -0.25) is 0 Å². The molecule has 3 aliphatic rings. The average Bonchev–Trinajstić information content (AvgIpc) is 3.89. The van der Waals surface area contributed by atoms with Crippen molar-refractivity contribution in [3.8, 4) is 17.2 Å². The fraction of sp³-hybridized carbons (Fsp3) is 0.316. The molecule has 3 heterocycles. The first-order valence-corrected chi connectivity index (χ1v) is 15.5. The van der Waals surface area contributed by atoms with Crippen LogP contribution in [-0.2, 0) is 27.1 Å². The molecule has 0 N–H and O–H groups in total. The van der Waals surface area contributed by atoms with Crippen LogP contribution in [0.4, 0.5) is 0 Å². The van der Waals surface area contributed by atoms with Gasteiger partial charge in [0.1, 0.15) is 55.4 Å². The predicted molar refractivity (Wildman–Crippen MR) is 170 cm³/mol. The summed E-state index contributed by atoms with van der Waals surface area (Å²) in [6.07, 6.45) is 2.15. The van der Waals surface area contributed by atoms with Gasteiger partial charge in [0.15, 0.2) is 0 Å². The normalized spacial score (nSPS) is 20.1. The summed E-state index contributed by atoms with van der Waals surface area (Å²) in [5.74, 6) is 2.72. The van der Waals surface area contributed by atoms with Crippen LogP contribution in [0.3, 0.4) is 0 Å². The predicted octanol–water partition coefficient (Wildman–Crippen LogP) is 6.82. The Balaban J connectivity index is 1.09. The van der Waals surface area contributed by atoms with E-state index in [4.69, 9.17) is 28.4 Å². The molecule has 5 aromatic carbocycles. The van der Waals surface area contributed by atoms with Crippen molar-refractivity contribution < 1.29 is 28.4 Å². The van der Waals surface area contributed by atoms with Gasteiger partial charge < -0.3 is 28.4 Å². The molecule has 0 saturated carbocycles. The molecule has 6 heteroatoms. The molecule has 3 fully saturated rings. The van der Waals surface area contributed by atoms with Crippen molar-refractivity contribution in [2.24, 2.45) is 0 Å². The number of rotatable bonds is 13. The van der Waals surface area contributed by atoms with Crippen LogP contribution in [0.25, 0.3) is 21.5 Å². The monoisotopic (exact) mass is 588 g/mol. The maximum absolute atomic E-state index is 6.42. The Morgan fingerprint density at radius 3 is 1.95 bits per heavy atom. The molecule has 0 aromatic heterocycles. The van der Waals surface area contributed by atoms with Gasteiger partial charge in [-0.05, 0) is 76.2 Å². The third kappa shape index (κ3) is 6.39. The topological polar surface area (TPSA) is 65.3 Å². The van der Waals surface area contributed by atoms with Crippen molar-refractivity contribution in [1.82, 2.24) is 0 Å². The van der Waals surface area contributed by atoms with Gasteiger partial charge in [0.25, 0.3) is 0 Å². The van der Waals surface area contributed by atoms with E-state index in [0.717, 1.165) is 66.2 Å². The smallest absolute Gasteiger partial charge is 0.127 e. The summed E-state index contributed by atoms with van der Waals surface area (Å²) in [6.45, 7) is 6.25. The van der Waals surface area contributed by atoms with Crippen LogP contribution in [0, 0.1) is 6.92 Å². The van der Waals surface area contributed by atoms with Crippen LogP contribution in [0.5, 0.6) is 17.2 Å². The van der Waals surface area contributed by atoms with Crippen LogP contribution in [0.1, 0.15) is 27.8 Å². The molecule has 0 amide bonds. The van der Waals surface area contributed by atoms with Gasteiger partial charge in [-0.1, -0.05) is 60.7 Å². The number of fused-ring (bicyclic) bond motifs is 2. The molecule has 44 heavy (non-hydrogen) atoms.